The number of para-hydroxylation sites is 1. The second-order valence-electron chi connectivity index (χ2n) is 5.72. The molecule has 0 aromatic heterocycles. The minimum absolute atomic E-state index is 0.356. The normalized spacial score (nSPS) is 34.5. The lowest BCUT2D eigenvalue weighted by atomic mass is 9.87. The smallest absolute Gasteiger partial charge is 0.167 e. The van der Waals surface area contributed by atoms with Gasteiger partial charge in [0.05, 0.1) is 0 Å². The van der Waals surface area contributed by atoms with Crippen molar-refractivity contribution in [2.45, 2.75) is 31.7 Å². The van der Waals surface area contributed by atoms with Crippen molar-refractivity contribution in [1.29, 1.82) is 0 Å². The standard InChI is InChI=1S/C15H17NO/c17-15-8-14-11-6-3-4-10(11)9-16(14)13-7-2-1-5-12(13)15/h1-2,5,7,10-11,14H,3-4,6,8-9H2/t10-,11-,14+/m1/s1. The molecule has 0 spiro atoms. The Bertz CT molecular complexity index is 482. The van der Waals surface area contributed by atoms with Gasteiger partial charge in [0.2, 0.25) is 0 Å². The molecule has 88 valence electrons. The Balaban J connectivity index is 1.80. The van der Waals surface area contributed by atoms with Crippen LogP contribution in [0.15, 0.2) is 24.3 Å². The Kier molecular flexibility index (Phi) is 1.91. The summed E-state index contributed by atoms with van der Waals surface area (Å²) in [5, 5.41) is 0. The third-order valence-electron chi connectivity index (χ3n) is 4.95. The van der Waals surface area contributed by atoms with E-state index >= 15 is 0 Å². The highest BCUT2D eigenvalue weighted by Crippen LogP contribution is 2.47. The van der Waals surface area contributed by atoms with Gasteiger partial charge in [0, 0.05) is 30.3 Å². The number of fused-ring (bicyclic) bond motifs is 5. The van der Waals surface area contributed by atoms with Gasteiger partial charge < -0.3 is 4.90 Å². The van der Waals surface area contributed by atoms with Gasteiger partial charge in [-0.15, -0.1) is 0 Å². The van der Waals surface area contributed by atoms with E-state index in [1.807, 2.05) is 12.1 Å². The van der Waals surface area contributed by atoms with Gasteiger partial charge in [-0.2, -0.15) is 0 Å². The first kappa shape index (κ1) is 9.69. The molecule has 2 heterocycles. The van der Waals surface area contributed by atoms with Crippen LogP contribution in [-0.4, -0.2) is 18.4 Å². The molecule has 2 aliphatic heterocycles. The van der Waals surface area contributed by atoms with E-state index in [1.165, 1.54) is 31.5 Å². The second-order valence-corrected chi connectivity index (χ2v) is 5.72. The predicted octanol–water partition coefficient (Wildman–Crippen LogP) is 2.88. The highest BCUT2D eigenvalue weighted by molar-refractivity contribution is 6.04. The van der Waals surface area contributed by atoms with Gasteiger partial charge in [0.1, 0.15) is 0 Å². The van der Waals surface area contributed by atoms with E-state index in [2.05, 4.69) is 17.0 Å². The maximum absolute atomic E-state index is 12.2. The molecule has 3 atom stereocenters. The highest BCUT2D eigenvalue weighted by atomic mass is 16.1. The summed E-state index contributed by atoms with van der Waals surface area (Å²) in [5.41, 5.74) is 2.15. The third kappa shape index (κ3) is 1.24. The first-order valence-electron chi connectivity index (χ1n) is 6.73. The van der Waals surface area contributed by atoms with Crippen LogP contribution >= 0.6 is 0 Å². The first-order valence-corrected chi connectivity index (χ1v) is 6.73. The molecule has 1 saturated heterocycles. The van der Waals surface area contributed by atoms with Crippen LogP contribution < -0.4 is 4.90 Å². The summed E-state index contributed by atoms with van der Waals surface area (Å²) < 4.78 is 0. The molecule has 0 amide bonds. The molecule has 4 rings (SSSR count). The van der Waals surface area contributed by atoms with E-state index in [0.29, 0.717) is 11.8 Å². The monoisotopic (exact) mass is 227 g/mol. The fourth-order valence-electron chi connectivity index (χ4n) is 4.22. The Morgan fingerprint density at radius 3 is 3.00 bits per heavy atom. The van der Waals surface area contributed by atoms with Crippen LogP contribution in [0.3, 0.4) is 0 Å². The molecule has 17 heavy (non-hydrogen) atoms. The molecular formula is C15H17NO. The molecule has 0 unspecified atom stereocenters. The molecular weight excluding hydrogens is 210 g/mol. The zero-order valence-electron chi connectivity index (χ0n) is 9.93. The largest absolute Gasteiger partial charge is 0.367 e. The minimum Gasteiger partial charge on any atom is -0.367 e. The van der Waals surface area contributed by atoms with Gasteiger partial charge in [0.15, 0.2) is 5.78 Å². The lowest BCUT2D eigenvalue weighted by Gasteiger charge is -2.34. The van der Waals surface area contributed by atoms with Crippen LogP contribution in [0.5, 0.6) is 0 Å². The summed E-state index contributed by atoms with van der Waals surface area (Å²) in [4.78, 5) is 14.7. The van der Waals surface area contributed by atoms with Crippen molar-refractivity contribution in [1.82, 2.24) is 0 Å². The topological polar surface area (TPSA) is 20.3 Å². The number of hydrogen-bond acceptors (Lipinski definition) is 2. The maximum atomic E-state index is 12.2. The fraction of sp³-hybridized carbons (Fsp3) is 0.533. The molecule has 0 N–H and O–H groups in total. The van der Waals surface area contributed by atoms with Crippen LogP contribution in [0.1, 0.15) is 36.0 Å². The summed E-state index contributed by atoms with van der Waals surface area (Å²) in [7, 11) is 0. The van der Waals surface area contributed by atoms with Gasteiger partial charge in [0.25, 0.3) is 0 Å². The van der Waals surface area contributed by atoms with Gasteiger partial charge in [-0.3, -0.25) is 4.79 Å². The van der Waals surface area contributed by atoms with Crippen LogP contribution in [0.2, 0.25) is 0 Å². The Morgan fingerprint density at radius 2 is 2.06 bits per heavy atom. The molecule has 2 fully saturated rings. The number of Topliss-reactive ketones (excluding diaryl/α,β-unsaturated/α-hetero) is 1. The molecule has 1 aliphatic carbocycles. The summed E-state index contributed by atoms with van der Waals surface area (Å²) >= 11 is 0. The van der Waals surface area contributed by atoms with Crippen molar-refractivity contribution in [3.8, 4) is 0 Å². The Labute approximate surface area is 102 Å². The number of carbonyl (C=O) groups is 1. The third-order valence-corrected chi connectivity index (χ3v) is 4.95. The van der Waals surface area contributed by atoms with Crippen LogP contribution in [-0.2, 0) is 0 Å². The molecule has 0 bridgehead atoms. The first-order chi connectivity index (χ1) is 8.34. The van der Waals surface area contributed by atoms with Crippen molar-refractivity contribution in [2.75, 3.05) is 11.4 Å². The van der Waals surface area contributed by atoms with Gasteiger partial charge in [-0.05, 0) is 36.8 Å². The molecule has 2 nitrogen and oxygen atoms in total. The summed E-state index contributed by atoms with van der Waals surface area (Å²) in [6.45, 7) is 1.18. The van der Waals surface area contributed by atoms with E-state index in [-0.39, 0.29) is 0 Å². The van der Waals surface area contributed by atoms with E-state index in [4.69, 9.17) is 0 Å². The molecule has 3 aliphatic rings. The number of anilines is 1. The molecule has 2 heteroatoms. The molecule has 1 saturated carbocycles. The zero-order valence-corrected chi connectivity index (χ0v) is 9.93. The predicted molar refractivity (Wildman–Crippen MR) is 67.4 cm³/mol. The zero-order chi connectivity index (χ0) is 11.4. The van der Waals surface area contributed by atoms with E-state index in [1.54, 1.807) is 0 Å². The second kappa shape index (κ2) is 3.34. The number of nitrogens with zero attached hydrogens (tertiary/aromatic N) is 1. The fourth-order valence-corrected chi connectivity index (χ4v) is 4.22. The van der Waals surface area contributed by atoms with Crippen molar-refractivity contribution in [2.24, 2.45) is 11.8 Å². The summed E-state index contributed by atoms with van der Waals surface area (Å²) in [6, 6.07) is 8.66. The van der Waals surface area contributed by atoms with Crippen molar-refractivity contribution in [3.05, 3.63) is 29.8 Å². The number of hydrogen-bond donors (Lipinski definition) is 0. The highest BCUT2D eigenvalue weighted by Gasteiger charge is 2.47. The number of benzene rings is 1. The van der Waals surface area contributed by atoms with Gasteiger partial charge in [-0.25, -0.2) is 0 Å². The minimum atomic E-state index is 0.356. The number of carbonyl (C=O) groups excluding carboxylic acids is 1. The Hall–Kier alpha value is -1.31. The van der Waals surface area contributed by atoms with E-state index in [9.17, 15) is 4.79 Å². The van der Waals surface area contributed by atoms with Crippen LogP contribution in [0.4, 0.5) is 5.69 Å². The SMILES string of the molecule is O=C1C[C@H]2[C@@H]3CCC[C@@H]3CN2c2ccccc21. The lowest BCUT2D eigenvalue weighted by Crippen LogP contribution is -2.39. The maximum Gasteiger partial charge on any atom is 0.167 e. The van der Waals surface area contributed by atoms with E-state index in [0.717, 1.165) is 23.8 Å². The molecule has 0 radical (unpaired) electrons. The summed E-state index contributed by atoms with van der Waals surface area (Å²) in [6.07, 6.45) is 4.82. The average molecular weight is 227 g/mol. The molecule has 1 aromatic carbocycles. The van der Waals surface area contributed by atoms with Gasteiger partial charge >= 0.3 is 0 Å². The quantitative estimate of drug-likeness (QED) is 0.679. The van der Waals surface area contributed by atoms with Gasteiger partial charge in [-0.1, -0.05) is 18.6 Å². The van der Waals surface area contributed by atoms with Crippen molar-refractivity contribution >= 4 is 11.5 Å². The number of ketones is 1. The van der Waals surface area contributed by atoms with E-state index < -0.39 is 0 Å². The van der Waals surface area contributed by atoms with Crippen molar-refractivity contribution in [3.63, 3.8) is 0 Å². The average Bonchev–Trinajstić information content (AvgIpc) is 2.91. The van der Waals surface area contributed by atoms with Crippen LogP contribution in [0.25, 0.3) is 0 Å². The lowest BCUT2D eigenvalue weighted by molar-refractivity contribution is 0.0960. The summed E-state index contributed by atoms with van der Waals surface area (Å²) in [5.74, 6) is 1.99. The van der Waals surface area contributed by atoms with Crippen LogP contribution in [0, 0.1) is 11.8 Å². The molecule has 1 aromatic rings. The Morgan fingerprint density at radius 1 is 1.18 bits per heavy atom. The number of rotatable bonds is 0. The van der Waals surface area contributed by atoms with Crippen molar-refractivity contribution < 1.29 is 4.79 Å².